The molecule has 3 rings (SSSR count). The van der Waals surface area contributed by atoms with Gasteiger partial charge in [0.1, 0.15) is 4.90 Å². The van der Waals surface area contributed by atoms with E-state index >= 15 is 0 Å². The fourth-order valence-corrected chi connectivity index (χ4v) is 5.28. The van der Waals surface area contributed by atoms with Crippen LogP contribution in [0.2, 0.25) is 0 Å². The number of hydrogen-bond acceptors (Lipinski definition) is 4. The van der Waals surface area contributed by atoms with Gasteiger partial charge in [0.15, 0.2) is 0 Å². The van der Waals surface area contributed by atoms with Crippen LogP contribution in [0, 0.1) is 19.8 Å². The van der Waals surface area contributed by atoms with Gasteiger partial charge in [-0.3, -0.25) is 9.89 Å². The summed E-state index contributed by atoms with van der Waals surface area (Å²) in [5.41, 5.74) is 3.01. The van der Waals surface area contributed by atoms with Crippen molar-refractivity contribution in [3.8, 4) is 0 Å². The normalized spacial score (nSPS) is 16.4. The van der Waals surface area contributed by atoms with Crippen molar-refractivity contribution in [2.45, 2.75) is 44.9 Å². The minimum Gasteiger partial charge on any atom is -0.326 e. The van der Waals surface area contributed by atoms with Crippen LogP contribution in [0.1, 0.15) is 36.7 Å². The fourth-order valence-electron chi connectivity index (χ4n) is 3.48. The number of nitrogens with one attached hydrogen (secondary N) is 2. The van der Waals surface area contributed by atoms with Crippen LogP contribution in [0.5, 0.6) is 0 Å². The summed E-state index contributed by atoms with van der Waals surface area (Å²) in [6, 6.07) is 7.81. The predicted molar refractivity (Wildman–Crippen MR) is 104 cm³/mol. The zero-order valence-electron chi connectivity index (χ0n) is 15.9. The van der Waals surface area contributed by atoms with Gasteiger partial charge >= 0.3 is 0 Å². The molecular weight excluding hydrogens is 364 g/mol. The lowest BCUT2D eigenvalue weighted by Crippen LogP contribution is -2.41. The highest BCUT2D eigenvalue weighted by Crippen LogP contribution is 2.27. The number of aromatic nitrogens is 2. The molecule has 2 aromatic rings. The molecule has 1 saturated heterocycles. The minimum atomic E-state index is -3.59. The number of carbonyl (C=O) groups is 1. The van der Waals surface area contributed by atoms with Gasteiger partial charge in [0.25, 0.3) is 0 Å². The lowest BCUT2D eigenvalue weighted by molar-refractivity contribution is -0.120. The van der Waals surface area contributed by atoms with Crippen molar-refractivity contribution in [2.24, 2.45) is 5.92 Å². The van der Waals surface area contributed by atoms with Crippen LogP contribution in [0.25, 0.3) is 0 Å². The number of benzene rings is 1. The molecule has 0 saturated carbocycles. The second-order valence-corrected chi connectivity index (χ2v) is 8.86. The van der Waals surface area contributed by atoms with E-state index in [0.29, 0.717) is 37.3 Å². The van der Waals surface area contributed by atoms with Gasteiger partial charge < -0.3 is 5.32 Å². The van der Waals surface area contributed by atoms with E-state index in [4.69, 9.17) is 0 Å². The molecule has 2 heterocycles. The summed E-state index contributed by atoms with van der Waals surface area (Å²) in [5, 5.41) is 9.65. The summed E-state index contributed by atoms with van der Waals surface area (Å²) in [6.45, 7) is 6.14. The standard InChI is InChI=1S/C19H26N4O3S/c1-4-15-5-7-17(8-6-15)20-19(24)16-9-11-23(12-10-16)27(25,26)18-13(2)21-22-14(18)3/h5-8,16H,4,9-12H2,1-3H3,(H,20,24)(H,21,22). The molecule has 0 aliphatic carbocycles. The number of aromatic amines is 1. The number of piperidine rings is 1. The highest BCUT2D eigenvalue weighted by Gasteiger charge is 2.34. The molecule has 7 nitrogen and oxygen atoms in total. The molecule has 0 atom stereocenters. The van der Waals surface area contributed by atoms with Gasteiger partial charge in [-0.15, -0.1) is 0 Å². The van der Waals surface area contributed by atoms with Gasteiger partial charge in [-0.1, -0.05) is 19.1 Å². The third-order valence-corrected chi connectivity index (χ3v) is 7.28. The molecule has 2 N–H and O–H groups in total. The minimum absolute atomic E-state index is 0.0491. The Morgan fingerprint density at radius 3 is 2.37 bits per heavy atom. The summed E-state index contributed by atoms with van der Waals surface area (Å²) in [6.07, 6.45) is 1.97. The van der Waals surface area contributed by atoms with Gasteiger partial charge in [0, 0.05) is 24.7 Å². The van der Waals surface area contributed by atoms with Crippen LogP contribution in [0.3, 0.4) is 0 Å². The van der Waals surface area contributed by atoms with Gasteiger partial charge in [0.05, 0.1) is 11.4 Å². The van der Waals surface area contributed by atoms with Crippen molar-refractivity contribution in [1.82, 2.24) is 14.5 Å². The zero-order valence-corrected chi connectivity index (χ0v) is 16.8. The molecule has 0 radical (unpaired) electrons. The van der Waals surface area contributed by atoms with Crippen LogP contribution in [-0.2, 0) is 21.2 Å². The summed E-state index contributed by atoms with van der Waals surface area (Å²) in [7, 11) is -3.59. The van der Waals surface area contributed by atoms with E-state index in [2.05, 4.69) is 22.4 Å². The molecular formula is C19H26N4O3S. The molecule has 0 spiro atoms. The molecule has 146 valence electrons. The molecule has 1 amide bonds. The molecule has 0 unspecified atom stereocenters. The number of anilines is 1. The Kier molecular flexibility index (Phi) is 5.67. The van der Waals surface area contributed by atoms with E-state index in [9.17, 15) is 13.2 Å². The van der Waals surface area contributed by atoms with E-state index < -0.39 is 10.0 Å². The van der Waals surface area contributed by atoms with Crippen molar-refractivity contribution in [3.63, 3.8) is 0 Å². The number of H-pyrrole nitrogens is 1. The zero-order chi connectivity index (χ0) is 19.6. The van der Waals surface area contributed by atoms with Crippen molar-refractivity contribution < 1.29 is 13.2 Å². The van der Waals surface area contributed by atoms with Gasteiger partial charge in [0.2, 0.25) is 15.9 Å². The third kappa shape index (κ3) is 4.06. The molecule has 1 aromatic carbocycles. The summed E-state index contributed by atoms with van der Waals surface area (Å²) in [5.74, 6) is -0.235. The Bertz CT molecular complexity index is 891. The Balaban J connectivity index is 1.62. The summed E-state index contributed by atoms with van der Waals surface area (Å²) in [4.78, 5) is 12.8. The number of nitrogens with zero attached hydrogens (tertiary/aromatic N) is 2. The summed E-state index contributed by atoms with van der Waals surface area (Å²) >= 11 is 0. The second-order valence-electron chi connectivity index (χ2n) is 6.98. The Hall–Kier alpha value is -2.19. The SMILES string of the molecule is CCc1ccc(NC(=O)C2CCN(S(=O)(=O)c3c(C)n[nH]c3C)CC2)cc1. The average molecular weight is 391 g/mol. The topological polar surface area (TPSA) is 95.2 Å². The van der Waals surface area contributed by atoms with Crippen LogP contribution in [-0.4, -0.2) is 41.9 Å². The van der Waals surface area contributed by atoms with E-state index in [-0.39, 0.29) is 16.7 Å². The molecule has 1 fully saturated rings. The number of hydrogen-bond donors (Lipinski definition) is 2. The Labute approximate surface area is 160 Å². The lowest BCUT2D eigenvalue weighted by Gasteiger charge is -2.30. The quantitative estimate of drug-likeness (QED) is 0.820. The van der Waals surface area contributed by atoms with Crippen LogP contribution in [0.15, 0.2) is 29.2 Å². The lowest BCUT2D eigenvalue weighted by atomic mass is 9.97. The van der Waals surface area contributed by atoms with E-state index in [1.807, 2.05) is 24.3 Å². The fraction of sp³-hybridized carbons (Fsp3) is 0.474. The molecule has 27 heavy (non-hydrogen) atoms. The molecule has 1 aliphatic rings. The van der Waals surface area contributed by atoms with E-state index in [0.717, 1.165) is 12.1 Å². The molecule has 0 bridgehead atoms. The van der Waals surface area contributed by atoms with Crippen molar-refractivity contribution in [1.29, 1.82) is 0 Å². The van der Waals surface area contributed by atoms with Crippen molar-refractivity contribution in [3.05, 3.63) is 41.2 Å². The Morgan fingerprint density at radius 2 is 1.85 bits per heavy atom. The molecule has 8 heteroatoms. The van der Waals surface area contributed by atoms with E-state index in [1.165, 1.54) is 9.87 Å². The van der Waals surface area contributed by atoms with Crippen molar-refractivity contribution in [2.75, 3.05) is 18.4 Å². The van der Waals surface area contributed by atoms with Crippen LogP contribution >= 0.6 is 0 Å². The van der Waals surface area contributed by atoms with Gasteiger partial charge in [-0.25, -0.2) is 8.42 Å². The number of carbonyl (C=O) groups excluding carboxylic acids is 1. The highest BCUT2D eigenvalue weighted by atomic mass is 32.2. The van der Waals surface area contributed by atoms with Gasteiger partial charge in [-0.05, 0) is 50.8 Å². The first-order chi connectivity index (χ1) is 12.8. The van der Waals surface area contributed by atoms with Crippen molar-refractivity contribution >= 4 is 21.6 Å². The smallest absolute Gasteiger partial charge is 0.246 e. The Morgan fingerprint density at radius 1 is 1.22 bits per heavy atom. The first-order valence-electron chi connectivity index (χ1n) is 9.24. The van der Waals surface area contributed by atoms with Crippen LogP contribution < -0.4 is 5.32 Å². The monoisotopic (exact) mass is 390 g/mol. The highest BCUT2D eigenvalue weighted by molar-refractivity contribution is 7.89. The molecule has 1 aromatic heterocycles. The van der Waals surface area contributed by atoms with Gasteiger partial charge in [-0.2, -0.15) is 9.40 Å². The maximum absolute atomic E-state index is 12.9. The number of sulfonamides is 1. The number of aryl methyl sites for hydroxylation is 3. The summed E-state index contributed by atoms with van der Waals surface area (Å²) < 4.78 is 27.2. The second kappa shape index (κ2) is 7.82. The maximum atomic E-state index is 12.9. The third-order valence-electron chi connectivity index (χ3n) is 5.11. The number of rotatable bonds is 5. The van der Waals surface area contributed by atoms with Crippen LogP contribution in [0.4, 0.5) is 5.69 Å². The number of amides is 1. The average Bonchev–Trinajstić information content (AvgIpc) is 3.01. The first kappa shape index (κ1) is 19.6. The van der Waals surface area contributed by atoms with E-state index in [1.54, 1.807) is 13.8 Å². The maximum Gasteiger partial charge on any atom is 0.246 e. The first-order valence-corrected chi connectivity index (χ1v) is 10.7. The largest absolute Gasteiger partial charge is 0.326 e. The molecule has 1 aliphatic heterocycles. The predicted octanol–water partition coefficient (Wildman–Crippen LogP) is 2.63.